The summed E-state index contributed by atoms with van der Waals surface area (Å²) in [6, 6.07) is 0. The number of esters is 1. The average Bonchev–Trinajstić information content (AvgIpc) is 2.17. The van der Waals surface area contributed by atoms with Gasteiger partial charge < -0.3 is 4.74 Å². The summed E-state index contributed by atoms with van der Waals surface area (Å²) in [6.07, 6.45) is 5.06. The highest BCUT2D eigenvalue weighted by Gasteiger charge is 2.18. The maximum Gasteiger partial charge on any atom is 0.319 e. The Morgan fingerprint density at radius 1 is 1.21 bits per heavy atom. The van der Waals surface area contributed by atoms with Crippen LogP contribution in [0.25, 0.3) is 0 Å². The molecule has 0 saturated heterocycles. The van der Waals surface area contributed by atoms with Crippen molar-refractivity contribution in [3.8, 4) is 0 Å². The fourth-order valence-electron chi connectivity index (χ4n) is 1.28. The number of halogens is 1. The standard InChI is InChI=1S/C11H21IO2/c1-4-7-9(6-3)14-11(13)10(12)8-5-2/h9-10H,4-8H2,1-3H3. The highest BCUT2D eigenvalue weighted by molar-refractivity contribution is 14.1. The molecule has 0 radical (unpaired) electrons. The third kappa shape index (κ3) is 5.83. The highest BCUT2D eigenvalue weighted by atomic mass is 127. The monoisotopic (exact) mass is 312 g/mol. The largest absolute Gasteiger partial charge is 0.462 e. The van der Waals surface area contributed by atoms with Crippen LogP contribution in [0.15, 0.2) is 0 Å². The number of hydrogen-bond acceptors (Lipinski definition) is 2. The highest BCUT2D eigenvalue weighted by Crippen LogP contribution is 2.14. The molecular weight excluding hydrogens is 291 g/mol. The second kappa shape index (κ2) is 8.50. The maximum absolute atomic E-state index is 11.5. The van der Waals surface area contributed by atoms with Gasteiger partial charge in [0.25, 0.3) is 0 Å². The minimum Gasteiger partial charge on any atom is -0.462 e. The van der Waals surface area contributed by atoms with Gasteiger partial charge >= 0.3 is 5.97 Å². The topological polar surface area (TPSA) is 26.3 Å². The van der Waals surface area contributed by atoms with Crippen molar-refractivity contribution in [2.45, 2.75) is 62.9 Å². The first kappa shape index (κ1) is 14.2. The Morgan fingerprint density at radius 2 is 1.79 bits per heavy atom. The van der Waals surface area contributed by atoms with E-state index < -0.39 is 0 Å². The summed E-state index contributed by atoms with van der Waals surface area (Å²) in [5.41, 5.74) is 0. The zero-order valence-corrected chi connectivity index (χ0v) is 11.5. The summed E-state index contributed by atoms with van der Waals surface area (Å²) < 4.78 is 5.44. The maximum atomic E-state index is 11.5. The molecule has 0 aliphatic heterocycles. The second-order valence-electron chi connectivity index (χ2n) is 3.51. The molecule has 3 heteroatoms. The van der Waals surface area contributed by atoms with Gasteiger partial charge in [0.15, 0.2) is 0 Å². The van der Waals surface area contributed by atoms with Crippen LogP contribution in [0.2, 0.25) is 0 Å². The van der Waals surface area contributed by atoms with Gasteiger partial charge in [0, 0.05) is 0 Å². The molecule has 14 heavy (non-hydrogen) atoms. The first-order valence-electron chi connectivity index (χ1n) is 5.50. The first-order chi connectivity index (χ1) is 6.65. The number of carbonyl (C=O) groups is 1. The molecule has 0 spiro atoms. The molecule has 0 heterocycles. The van der Waals surface area contributed by atoms with E-state index in [1.165, 1.54) is 0 Å². The van der Waals surface area contributed by atoms with E-state index in [0.717, 1.165) is 32.1 Å². The first-order valence-corrected chi connectivity index (χ1v) is 6.74. The Bertz CT molecular complexity index is 159. The van der Waals surface area contributed by atoms with E-state index in [4.69, 9.17) is 4.74 Å². The smallest absolute Gasteiger partial charge is 0.319 e. The molecule has 0 saturated carbocycles. The lowest BCUT2D eigenvalue weighted by atomic mass is 10.1. The van der Waals surface area contributed by atoms with Crippen LogP contribution in [0.1, 0.15) is 52.9 Å². The lowest BCUT2D eigenvalue weighted by molar-refractivity contribution is -0.148. The lowest BCUT2D eigenvalue weighted by Crippen LogP contribution is -2.23. The SMILES string of the molecule is CCCC(CC)OC(=O)C(I)CCC. The normalized spacial score (nSPS) is 14.9. The molecular formula is C11H21IO2. The Balaban J connectivity index is 3.88. The molecule has 0 aliphatic carbocycles. The van der Waals surface area contributed by atoms with Gasteiger partial charge in [-0.05, 0) is 19.3 Å². The third-order valence-electron chi connectivity index (χ3n) is 2.15. The Morgan fingerprint density at radius 3 is 2.21 bits per heavy atom. The van der Waals surface area contributed by atoms with Crippen LogP contribution in [0.5, 0.6) is 0 Å². The van der Waals surface area contributed by atoms with E-state index in [2.05, 4.69) is 43.4 Å². The van der Waals surface area contributed by atoms with Gasteiger partial charge in [-0.1, -0.05) is 56.2 Å². The van der Waals surface area contributed by atoms with Crippen molar-refractivity contribution >= 4 is 28.6 Å². The van der Waals surface area contributed by atoms with Crippen molar-refractivity contribution in [2.24, 2.45) is 0 Å². The molecule has 2 nitrogen and oxygen atoms in total. The Labute approximate surface area is 101 Å². The summed E-state index contributed by atoms with van der Waals surface area (Å²) in [5, 5.41) is 0. The van der Waals surface area contributed by atoms with E-state index in [0.29, 0.717) is 0 Å². The van der Waals surface area contributed by atoms with Crippen molar-refractivity contribution < 1.29 is 9.53 Å². The van der Waals surface area contributed by atoms with Crippen molar-refractivity contribution in [1.82, 2.24) is 0 Å². The van der Waals surface area contributed by atoms with Crippen LogP contribution in [0, 0.1) is 0 Å². The number of rotatable bonds is 7. The molecule has 0 bridgehead atoms. The van der Waals surface area contributed by atoms with Crippen LogP contribution in [-0.4, -0.2) is 16.0 Å². The summed E-state index contributed by atoms with van der Waals surface area (Å²) in [4.78, 5) is 11.5. The predicted octanol–water partition coefficient (Wildman–Crippen LogP) is 3.71. The van der Waals surface area contributed by atoms with Crippen molar-refractivity contribution in [3.05, 3.63) is 0 Å². The summed E-state index contributed by atoms with van der Waals surface area (Å²) in [7, 11) is 0. The third-order valence-corrected chi connectivity index (χ3v) is 3.28. The van der Waals surface area contributed by atoms with Crippen LogP contribution >= 0.6 is 22.6 Å². The van der Waals surface area contributed by atoms with Gasteiger partial charge in [-0.2, -0.15) is 0 Å². The van der Waals surface area contributed by atoms with Crippen LogP contribution < -0.4 is 0 Å². The van der Waals surface area contributed by atoms with E-state index >= 15 is 0 Å². The van der Waals surface area contributed by atoms with E-state index in [1.807, 2.05) is 0 Å². The zero-order chi connectivity index (χ0) is 11.0. The van der Waals surface area contributed by atoms with Crippen LogP contribution in [-0.2, 0) is 9.53 Å². The number of hydrogen-bond donors (Lipinski definition) is 0. The van der Waals surface area contributed by atoms with Crippen molar-refractivity contribution in [3.63, 3.8) is 0 Å². The summed E-state index contributed by atoms with van der Waals surface area (Å²) in [5.74, 6) is -0.0345. The van der Waals surface area contributed by atoms with Gasteiger partial charge in [0.1, 0.15) is 10.0 Å². The second-order valence-corrected chi connectivity index (χ2v) is 5.02. The molecule has 2 unspecified atom stereocenters. The van der Waals surface area contributed by atoms with Crippen molar-refractivity contribution in [2.75, 3.05) is 0 Å². The Kier molecular flexibility index (Phi) is 8.63. The van der Waals surface area contributed by atoms with Gasteiger partial charge in [-0.25, -0.2) is 0 Å². The van der Waals surface area contributed by atoms with Gasteiger partial charge in [0.2, 0.25) is 0 Å². The van der Waals surface area contributed by atoms with E-state index in [9.17, 15) is 4.79 Å². The fraction of sp³-hybridized carbons (Fsp3) is 0.909. The number of ether oxygens (including phenoxy) is 1. The quantitative estimate of drug-likeness (QED) is 0.407. The number of alkyl halides is 1. The fourth-order valence-corrected chi connectivity index (χ4v) is 2.05. The molecule has 0 rings (SSSR count). The van der Waals surface area contributed by atoms with Crippen LogP contribution in [0.3, 0.4) is 0 Å². The molecule has 0 fully saturated rings. The molecule has 2 atom stereocenters. The average molecular weight is 312 g/mol. The van der Waals surface area contributed by atoms with Crippen LogP contribution in [0.4, 0.5) is 0 Å². The summed E-state index contributed by atoms with van der Waals surface area (Å²) in [6.45, 7) is 6.27. The molecule has 0 aliphatic rings. The molecule has 0 aromatic carbocycles. The van der Waals surface area contributed by atoms with Gasteiger partial charge in [-0.15, -0.1) is 0 Å². The number of carbonyl (C=O) groups excluding carboxylic acids is 1. The molecule has 0 N–H and O–H groups in total. The molecule has 84 valence electrons. The van der Waals surface area contributed by atoms with Crippen molar-refractivity contribution in [1.29, 1.82) is 0 Å². The minimum absolute atomic E-state index is 0.0310. The minimum atomic E-state index is -0.0345. The molecule has 0 amide bonds. The predicted molar refractivity (Wildman–Crippen MR) is 67.8 cm³/mol. The Hall–Kier alpha value is 0.200. The van der Waals surface area contributed by atoms with Gasteiger partial charge in [-0.3, -0.25) is 4.79 Å². The molecule has 0 aromatic rings. The van der Waals surface area contributed by atoms with E-state index in [1.54, 1.807) is 0 Å². The summed E-state index contributed by atoms with van der Waals surface area (Å²) >= 11 is 2.17. The van der Waals surface area contributed by atoms with Gasteiger partial charge in [0.05, 0.1) is 0 Å². The molecule has 0 aromatic heterocycles. The zero-order valence-electron chi connectivity index (χ0n) is 9.38. The lowest BCUT2D eigenvalue weighted by Gasteiger charge is -2.17. The van der Waals surface area contributed by atoms with E-state index in [-0.39, 0.29) is 16.0 Å².